The summed E-state index contributed by atoms with van der Waals surface area (Å²) in [6.45, 7) is 2.68. The Kier molecular flexibility index (Phi) is 7.33. The maximum Gasteiger partial charge on any atom is 0.258 e. The number of thiazole rings is 1. The third-order valence-electron chi connectivity index (χ3n) is 5.10. The van der Waals surface area contributed by atoms with Gasteiger partial charge in [-0.1, -0.05) is 11.6 Å². The number of fused-ring (bicyclic) bond motifs is 1. The van der Waals surface area contributed by atoms with Gasteiger partial charge in [-0.2, -0.15) is 0 Å². The van der Waals surface area contributed by atoms with Gasteiger partial charge in [0, 0.05) is 60.3 Å². The molecule has 1 aliphatic rings. The molecule has 1 aromatic carbocycles. The molecule has 0 saturated carbocycles. The van der Waals surface area contributed by atoms with Crippen molar-refractivity contribution >= 4 is 57.2 Å². The Balaban J connectivity index is 1.16. The van der Waals surface area contributed by atoms with Crippen LogP contribution in [0.5, 0.6) is 0 Å². The zero-order chi connectivity index (χ0) is 22.5. The number of thioether (sulfide) groups is 1. The molecular weight excluding hydrogens is 470 g/mol. The van der Waals surface area contributed by atoms with E-state index in [9.17, 15) is 14.4 Å². The number of aromatic nitrogens is 2. The van der Waals surface area contributed by atoms with Crippen LogP contribution in [0.4, 0.5) is 5.69 Å². The highest BCUT2D eigenvalue weighted by Crippen LogP contribution is 2.19. The van der Waals surface area contributed by atoms with Gasteiger partial charge in [0.15, 0.2) is 4.96 Å². The van der Waals surface area contributed by atoms with E-state index in [1.54, 1.807) is 11.1 Å². The normalized spacial score (nSPS) is 14.0. The molecule has 11 heteroatoms. The number of nitrogens with one attached hydrogen (secondary N) is 1. The molecule has 1 fully saturated rings. The maximum atomic E-state index is 12.4. The Morgan fingerprint density at radius 2 is 1.91 bits per heavy atom. The summed E-state index contributed by atoms with van der Waals surface area (Å²) in [6.07, 6.45) is 1.69. The second kappa shape index (κ2) is 10.4. The van der Waals surface area contributed by atoms with E-state index in [2.05, 4.69) is 15.2 Å². The van der Waals surface area contributed by atoms with E-state index in [1.807, 2.05) is 29.6 Å². The van der Waals surface area contributed by atoms with Crippen LogP contribution < -0.4 is 15.8 Å². The first-order valence-electron chi connectivity index (χ1n) is 10.1. The molecule has 1 saturated heterocycles. The molecule has 32 heavy (non-hydrogen) atoms. The highest BCUT2D eigenvalue weighted by atomic mass is 35.5. The summed E-state index contributed by atoms with van der Waals surface area (Å²) < 4.78 is 1.49. The average Bonchev–Trinajstić information content (AvgIpc) is 3.27. The second-order valence-corrected chi connectivity index (χ2v) is 9.55. The van der Waals surface area contributed by atoms with Crippen LogP contribution >= 0.6 is 34.7 Å². The van der Waals surface area contributed by atoms with Gasteiger partial charge in [-0.25, -0.2) is 4.98 Å². The fourth-order valence-corrected chi connectivity index (χ4v) is 5.02. The van der Waals surface area contributed by atoms with Gasteiger partial charge in [-0.3, -0.25) is 18.8 Å². The number of halogens is 1. The van der Waals surface area contributed by atoms with E-state index in [-0.39, 0.29) is 29.7 Å². The first-order valence-corrected chi connectivity index (χ1v) is 12.5. The number of hydrogen-bond donors (Lipinski definition) is 1. The van der Waals surface area contributed by atoms with Crippen LogP contribution in [0.2, 0.25) is 5.02 Å². The molecule has 0 spiro atoms. The Morgan fingerprint density at radius 1 is 1.16 bits per heavy atom. The van der Waals surface area contributed by atoms with Crippen molar-refractivity contribution in [2.24, 2.45) is 0 Å². The number of carbonyl (C=O) groups is 2. The number of rotatable bonds is 7. The summed E-state index contributed by atoms with van der Waals surface area (Å²) in [6, 6.07) is 9.15. The Bertz CT molecular complexity index is 1160. The van der Waals surface area contributed by atoms with E-state index in [0.29, 0.717) is 34.5 Å². The first kappa shape index (κ1) is 22.6. The highest BCUT2D eigenvalue weighted by Gasteiger charge is 2.21. The SMILES string of the molecule is O=C(CSCc1cc(=O)n2ccsc2n1)NCC(=O)N1CCN(c2ccc(Cl)cc2)CC1. The van der Waals surface area contributed by atoms with Crippen LogP contribution in [0, 0.1) is 0 Å². The minimum absolute atomic E-state index is 0.0128. The average molecular weight is 492 g/mol. The quantitative estimate of drug-likeness (QED) is 0.544. The number of nitrogens with zero attached hydrogens (tertiary/aromatic N) is 4. The van der Waals surface area contributed by atoms with Crippen molar-refractivity contribution in [3.8, 4) is 0 Å². The molecule has 0 atom stereocenters. The van der Waals surface area contributed by atoms with Gasteiger partial charge in [0.2, 0.25) is 11.8 Å². The van der Waals surface area contributed by atoms with E-state index in [1.165, 1.54) is 33.6 Å². The summed E-state index contributed by atoms with van der Waals surface area (Å²) in [5, 5.41) is 5.20. The summed E-state index contributed by atoms with van der Waals surface area (Å²) in [7, 11) is 0. The molecular formula is C21H22ClN5O3S2. The zero-order valence-corrected chi connectivity index (χ0v) is 19.6. The van der Waals surface area contributed by atoms with Crippen LogP contribution in [0.25, 0.3) is 4.96 Å². The lowest BCUT2D eigenvalue weighted by atomic mass is 10.2. The van der Waals surface area contributed by atoms with Gasteiger partial charge in [-0.05, 0) is 24.3 Å². The summed E-state index contributed by atoms with van der Waals surface area (Å²) in [5.41, 5.74) is 1.60. The lowest BCUT2D eigenvalue weighted by Crippen LogP contribution is -2.51. The van der Waals surface area contributed by atoms with Crippen molar-refractivity contribution in [3.05, 3.63) is 63.0 Å². The van der Waals surface area contributed by atoms with E-state index >= 15 is 0 Å². The molecule has 0 bridgehead atoms. The van der Waals surface area contributed by atoms with Gasteiger partial charge < -0.3 is 15.1 Å². The van der Waals surface area contributed by atoms with Crippen LogP contribution in [-0.4, -0.2) is 64.6 Å². The molecule has 168 valence electrons. The molecule has 4 rings (SSSR count). The molecule has 1 aliphatic heterocycles. The molecule has 0 unspecified atom stereocenters. The van der Waals surface area contributed by atoms with E-state index in [0.717, 1.165) is 18.8 Å². The molecule has 0 radical (unpaired) electrons. The van der Waals surface area contributed by atoms with Crippen LogP contribution in [0.15, 0.2) is 46.7 Å². The number of carbonyl (C=O) groups excluding carboxylic acids is 2. The number of hydrogen-bond acceptors (Lipinski definition) is 7. The van der Waals surface area contributed by atoms with Crippen molar-refractivity contribution in [3.63, 3.8) is 0 Å². The minimum Gasteiger partial charge on any atom is -0.368 e. The molecule has 1 N–H and O–H groups in total. The van der Waals surface area contributed by atoms with Gasteiger partial charge in [0.25, 0.3) is 5.56 Å². The lowest BCUT2D eigenvalue weighted by Gasteiger charge is -2.36. The zero-order valence-electron chi connectivity index (χ0n) is 17.2. The monoisotopic (exact) mass is 491 g/mol. The Labute approximate surface area is 198 Å². The van der Waals surface area contributed by atoms with Crippen LogP contribution in [0.1, 0.15) is 5.69 Å². The maximum absolute atomic E-state index is 12.4. The molecule has 8 nitrogen and oxygen atoms in total. The van der Waals surface area contributed by atoms with Gasteiger partial charge in [0.05, 0.1) is 18.0 Å². The number of anilines is 1. The minimum atomic E-state index is -0.211. The number of benzene rings is 1. The standard InChI is InChI=1S/C21H22ClN5O3S2/c22-15-1-3-17(4-2-15)25-5-7-26(8-6-25)20(30)12-23-18(28)14-31-13-16-11-19(29)27-9-10-32-21(27)24-16/h1-4,9-11H,5-8,12-14H2,(H,23,28). The summed E-state index contributed by atoms with van der Waals surface area (Å²) in [4.78, 5) is 45.6. The van der Waals surface area contributed by atoms with E-state index in [4.69, 9.17) is 11.6 Å². The van der Waals surface area contributed by atoms with Gasteiger partial charge in [-0.15, -0.1) is 23.1 Å². The molecule has 3 heterocycles. The predicted molar refractivity (Wildman–Crippen MR) is 129 cm³/mol. The molecule has 0 aliphatic carbocycles. The van der Waals surface area contributed by atoms with Crippen molar-refractivity contribution < 1.29 is 9.59 Å². The molecule has 3 aromatic rings. The third kappa shape index (κ3) is 5.62. The van der Waals surface area contributed by atoms with E-state index < -0.39 is 0 Å². The first-order chi connectivity index (χ1) is 15.5. The predicted octanol–water partition coefficient (Wildman–Crippen LogP) is 2.11. The smallest absolute Gasteiger partial charge is 0.258 e. The van der Waals surface area contributed by atoms with Crippen molar-refractivity contribution in [1.82, 2.24) is 19.6 Å². The van der Waals surface area contributed by atoms with Gasteiger partial charge in [0.1, 0.15) is 0 Å². The van der Waals surface area contributed by atoms with Crippen LogP contribution in [-0.2, 0) is 15.3 Å². The van der Waals surface area contributed by atoms with Crippen molar-refractivity contribution in [1.29, 1.82) is 0 Å². The fourth-order valence-electron chi connectivity index (χ4n) is 3.41. The largest absolute Gasteiger partial charge is 0.368 e. The second-order valence-electron chi connectivity index (χ2n) is 7.26. The summed E-state index contributed by atoms with van der Waals surface area (Å²) in [5.74, 6) is 0.356. The van der Waals surface area contributed by atoms with Gasteiger partial charge >= 0.3 is 0 Å². The Hall–Kier alpha value is -2.56. The molecule has 2 amide bonds. The van der Waals surface area contributed by atoms with Crippen molar-refractivity contribution in [2.75, 3.05) is 43.4 Å². The number of amides is 2. The number of piperazine rings is 1. The topological polar surface area (TPSA) is 87.0 Å². The van der Waals surface area contributed by atoms with Crippen LogP contribution in [0.3, 0.4) is 0 Å². The lowest BCUT2D eigenvalue weighted by molar-refractivity contribution is -0.132. The molecule has 2 aromatic heterocycles. The fraction of sp³-hybridized carbons (Fsp3) is 0.333. The summed E-state index contributed by atoms with van der Waals surface area (Å²) >= 11 is 8.69. The highest BCUT2D eigenvalue weighted by molar-refractivity contribution is 7.99. The third-order valence-corrected chi connectivity index (χ3v) is 7.08. The Morgan fingerprint density at radius 3 is 2.66 bits per heavy atom. The van der Waals surface area contributed by atoms with Crippen molar-refractivity contribution in [2.45, 2.75) is 5.75 Å².